The van der Waals surface area contributed by atoms with Crippen LogP contribution in [-0.2, 0) is 16.0 Å². The Morgan fingerprint density at radius 3 is 2.14 bits per heavy atom. The van der Waals surface area contributed by atoms with Crippen molar-refractivity contribution in [3.05, 3.63) is 89.0 Å². The second-order valence-corrected chi connectivity index (χ2v) is 8.30. The number of carbonyl (C=O) groups is 2. The first-order valence-electron chi connectivity index (χ1n) is 11.8. The summed E-state index contributed by atoms with van der Waals surface area (Å²) in [6.45, 7) is 4.37. The van der Waals surface area contributed by atoms with Crippen LogP contribution in [0.2, 0.25) is 0 Å². The normalized spacial score (nSPS) is 16.8. The van der Waals surface area contributed by atoms with Crippen LogP contribution in [0.1, 0.15) is 36.6 Å². The molecule has 0 saturated carbocycles. The molecule has 1 heterocycles. The van der Waals surface area contributed by atoms with Gasteiger partial charge in [0.2, 0.25) is 0 Å². The number of carbonyl (C=O) groups excluding carboxylic acids is 2. The Labute approximate surface area is 210 Å². The van der Waals surface area contributed by atoms with E-state index in [9.17, 15) is 14.7 Å². The third-order valence-corrected chi connectivity index (χ3v) is 6.18. The lowest BCUT2D eigenvalue weighted by molar-refractivity contribution is -0.132. The second-order valence-electron chi connectivity index (χ2n) is 8.30. The SMILES string of the molecule is CCOc1cccc(/C(O)=C2\C(=O)C(=O)N(c3cc(OC)cc(OC)c3)C2c2ccc(CC)cc2)c1. The highest BCUT2D eigenvalue weighted by Gasteiger charge is 2.47. The van der Waals surface area contributed by atoms with E-state index in [2.05, 4.69) is 6.92 Å². The number of amides is 1. The molecule has 3 aromatic rings. The molecule has 1 aliphatic heterocycles. The van der Waals surface area contributed by atoms with Crippen LogP contribution in [0.5, 0.6) is 17.2 Å². The standard InChI is InChI=1S/C29H29NO6/c1-5-18-10-12-19(13-11-18)26-25(27(31)20-8-7-9-22(14-20)36-6-2)28(32)29(33)30(26)21-15-23(34-3)17-24(16-21)35-4/h7-17,26,31H,5-6H2,1-4H3/b27-25+. The van der Waals surface area contributed by atoms with Crippen molar-refractivity contribution in [3.8, 4) is 17.2 Å². The van der Waals surface area contributed by atoms with E-state index < -0.39 is 17.7 Å². The minimum atomic E-state index is -0.858. The summed E-state index contributed by atoms with van der Waals surface area (Å²) in [5, 5.41) is 11.4. The van der Waals surface area contributed by atoms with Gasteiger partial charge in [0.15, 0.2) is 0 Å². The summed E-state index contributed by atoms with van der Waals surface area (Å²) in [5.41, 5.74) is 2.61. The molecular weight excluding hydrogens is 458 g/mol. The number of aliphatic hydroxyl groups is 1. The largest absolute Gasteiger partial charge is 0.507 e. The van der Waals surface area contributed by atoms with E-state index in [1.807, 2.05) is 31.2 Å². The van der Waals surface area contributed by atoms with Gasteiger partial charge in [-0.2, -0.15) is 0 Å². The topological polar surface area (TPSA) is 85.3 Å². The molecule has 1 amide bonds. The number of ketones is 1. The lowest BCUT2D eigenvalue weighted by Gasteiger charge is -2.26. The maximum atomic E-state index is 13.5. The summed E-state index contributed by atoms with van der Waals surface area (Å²) in [6.07, 6.45) is 0.845. The van der Waals surface area contributed by atoms with E-state index in [1.54, 1.807) is 42.5 Å². The lowest BCUT2D eigenvalue weighted by Crippen LogP contribution is -2.29. The number of methoxy groups -OCH3 is 2. The van der Waals surface area contributed by atoms with E-state index in [0.717, 1.165) is 12.0 Å². The Morgan fingerprint density at radius 1 is 0.889 bits per heavy atom. The predicted octanol–water partition coefficient (Wildman–Crippen LogP) is 5.29. The molecule has 0 radical (unpaired) electrons. The summed E-state index contributed by atoms with van der Waals surface area (Å²) in [7, 11) is 3.03. The third-order valence-electron chi connectivity index (χ3n) is 6.18. The van der Waals surface area contributed by atoms with Crippen LogP contribution in [0.15, 0.2) is 72.3 Å². The first-order chi connectivity index (χ1) is 17.4. The van der Waals surface area contributed by atoms with Gasteiger partial charge in [0.25, 0.3) is 11.7 Å². The molecule has 7 heteroatoms. The zero-order chi connectivity index (χ0) is 25.8. The van der Waals surface area contributed by atoms with E-state index in [4.69, 9.17) is 14.2 Å². The Kier molecular flexibility index (Phi) is 7.29. The molecule has 1 unspecified atom stereocenters. The molecule has 36 heavy (non-hydrogen) atoms. The molecule has 186 valence electrons. The van der Waals surface area contributed by atoms with Gasteiger partial charge < -0.3 is 19.3 Å². The Hall–Kier alpha value is -4.26. The average Bonchev–Trinajstić information content (AvgIpc) is 3.18. The maximum Gasteiger partial charge on any atom is 0.300 e. The van der Waals surface area contributed by atoms with E-state index in [-0.39, 0.29) is 11.3 Å². The maximum absolute atomic E-state index is 13.5. The van der Waals surface area contributed by atoms with Gasteiger partial charge >= 0.3 is 0 Å². The van der Waals surface area contributed by atoms with Gasteiger partial charge in [-0.25, -0.2) is 0 Å². The first kappa shape index (κ1) is 24.9. The molecule has 1 saturated heterocycles. The Balaban J connectivity index is 1.94. The summed E-state index contributed by atoms with van der Waals surface area (Å²) < 4.78 is 16.3. The van der Waals surface area contributed by atoms with Gasteiger partial charge in [0.1, 0.15) is 23.0 Å². The highest BCUT2D eigenvalue weighted by molar-refractivity contribution is 6.51. The highest BCUT2D eigenvalue weighted by Crippen LogP contribution is 2.44. The van der Waals surface area contributed by atoms with Crippen molar-refractivity contribution in [1.29, 1.82) is 0 Å². The van der Waals surface area contributed by atoms with Crippen molar-refractivity contribution < 1.29 is 28.9 Å². The molecule has 3 aromatic carbocycles. The van der Waals surface area contributed by atoms with Crippen LogP contribution in [0.3, 0.4) is 0 Å². The molecule has 1 atom stereocenters. The third kappa shape index (κ3) is 4.64. The highest BCUT2D eigenvalue weighted by atomic mass is 16.5. The summed E-state index contributed by atoms with van der Waals surface area (Å²) in [6, 6.07) is 18.6. The van der Waals surface area contributed by atoms with Crippen molar-refractivity contribution in [2.24, 2.45) is 0 Å². The molecule has 1 aliphatic rings. The molecule has 7 nitrogen and oxygen atoms in total. The molecule has 1 N–H and O–H groups in total. The zero-order valence-corrected chi connectivity index (χ0v) is 20.8. The van der Waals surface area contributed by atoms with Gasteiger partial charge in [-0.3, -0.25) is 14.5 Å². The molecule has 0 spiro atoms. The average molecular weight is 488 g/mol. The molecule has 0 aromatic heterocycles. The predicted molar refractivity (Wildman–Crippen MR) is 138 cm³/mol. The molecule has 0 bridgehead atoms. The summed E-state index contributed by atoms with van der Waals surface area (Å²) in [4.78, 5) is 28.3. The molecule has 0 aliphatic carbocycles. The van der Waals surface area contributed by atoms with Crippen molar-refractivity contribution in [2.75, 3.05) is 25.7 Å². The summed E-state index contributed by atoms with van der Waals surface area (Å²) >= 11 is 0. The van der Waals surface area contributed by atoms with Crippen LogP contribution in [-0.4, -0.2) is 37.6 Å². The number of hydrogen-bond donors (Lipinski definition) is 1. The zero-order valence-electron chi connectivity index (χ0n) is 20.8. The number of hydrogen-bond acceptors (Lipinski definition) is 6. The number of nitrogens with zero attached hydrogens (tertiary/aromatic N) is 1. The molecule has 1 fully saturated rings. The van der Waals surface area contributed by atoms with Crippen molar-refractivity contribution >= 4 is 23.1 Å². The van der Waals surface area contributed by atoms with Crippen molar-refractivity contribution in [2.45, 2.75) is 26.3 Å². The second kappa shape index (κ2) is 10.6. The van der Waals surface area contributed by atoms with Crippen molar-refractivity contribution in [3.63, 3.8) is 0 Å². The van der Waals surface area contributed by atoms with Gasteiger partial charge in [-0.15, -0.1) is 0 Å². The fourth-order valence-electron chi connectivity index (χ4n) is 4.34. The number of aliphatic hydroxyl groups excluding tert-OH is 1. The number of rotatable bonds is 8. The van der Waals surface area contributed by atoms with Gasteiger partial charge in [-0.05, 0) is 36.6 Å². The van der Waals surface area contributed by atoms with Crippen molar-refractivity contribution in [1.82, 2.24) is 0 Å². The molecule has 4 rings (SSSR count). The van der Waals surface area contributed by atoms with Gasteiger partial charge in [0.05, 0.1) is 38.1 Å². The number of ether oxygens (including phenoxy) is 3. The van der Waals surface area contributed by atoms with Crippen LogP contribution in [0.25, 0.3) is 5.76 Å². The van der Waals surface area contributed by atoms with Gasteiger partial charge in [-0.1, -0.05) is 43.3 Å². The van der Waals surface area contributed by atoms with Crippen LogP contribution in [0, 0.1) is 0 Å². The Morgan fingerprint density at radius 2 is 1.56 bits per heavy atom. The number of benzene rings is 3. The minimum Gasteiger partial charge on any atom is -0.507 e. The monoisotopic (exact) mass is 487 g/mol. The smallest absolute Gasteiger partial charge is 0.300 e. The lowest BCUT2D eigenvalue weighted by atomic mass is 9.94. The Bertz CT molecular complexity index is 1290. The van der Waals surface area contributed by atoms with E-state index >= 15 is 0 Å². The quantitative estimate of drug-likeness (QED) is 0.264. The number of anilines is 1. The summed E-state index contributed by atoms with van der Waals surface area (Å²) in [5.74, 6) is -0.307. The number of aryl methyl sites for hydroxylation is 1. The van der Waals surface area contributed by atoms with Crippen LogP contribution in [0.4, 0.5) is 5.69 Å². The fraction of sp³-hybridized carbons (Fsp3) is 0.241. The van der Waals surface area contributed by atoms with Gasteiger partial charge in [0, 0.05) is 23.8 Å². The first-order valence-corrected chi connectivity index (χ1v) is 11.8. The van der Waals surface area contributed by atoms with E-state index in [1.165, 1.54) is 19.1 Å². The minimum absolute atomic E-state index is 0.000293. The number of Topliss-reactive ketones (excluding diaryl/α,β-unsaturated/α-hetero) is 1. The van der Waals surface area contributed by atoms with E-state index in [0.29, 0.717) is 40.7 Å². The van der Waals surface area contributed by atoms with Crippen LogP contribution >= 0.6 is 0 Å². The fourth-order valence-corrected chi connectivity index (χ4v) is 4.34. The van der Waals surface area contributed by atoms with Crippen LogP contribution < -0.4 is 19.1 Å². The molecular formula is C29H29NO6.